The van der Waals surface area contributed by atoms with Gasteiger partial charge >= 0.3 is 0 Å². The molecule has 1 N–H and O–H groups in total. The number of rotatable bonds is 9. The molecule has 1 heterocycles. The molecule has 0 aliphatic rings. The molecule has 0 aliphatic carbocycles. The van der Waals surface area contributed by atoms with E-state index in [9.17, 15) is 8.42 Å². The van der Waals surface area contributed by atoms with Gasteiger partial charge in [-0.1, -0.05) is 6.92 Å². The van der Waals surface area contributed by atoms with Gasteiger partial charge < -0.3 is 5.32 Å². The Balaban J connectivity index is 2.77. The average Bonchev–Trinajstić information content (AvgIpc) is 2.88. The van der Waals surface area contributed by atoms with Crippen LogP contribution in [0.5, 0.6) is 0 Å². The molecule has 1 aromatic heterocycles. The van der Waals surface area contributed by atoms with Crippen LogP contribution in [0.15, 0.2) is 16.3 Å². The topological polar surface area (TPSA) is 49.4 Å². The lowest BCUT2D eigenvalue weighted by Crippen LogP contribution is -2.36. The fourth-order valence-electron chi connectivity index (χ4n) is 1.71. The lowest BCUT2D eigenvalue weighted by molar-refractivity contribution is 0.416. The Kier molecular flexibility index (Phi) is 7.53. The third-order valence-electron chi connectivity index (χ3n) is 3.02. The second kappa shape index (κ2) is 8.38. The molecule has 116 valence electrons. The van der Waals surface area contributed by atoms with Crippen LogP contribution in [0.3, 0.4) is 0 Å². The van der Waals surface area contributed by atoms with Gasteiger partial charge in [-0.15, -0.1) is 11.3 Å². The largest absolute Gasteiger partial charge is 0.312 e. The van der Waals surface area contributed by atoms with E-state index in [1.165, 1.54) is 15.6 Å². The number of nitrogens with one attached hydrogen (secondary N) is 1. The summed E-state index contributed by atoms with van der Waals surface area (Å²) < 4.78 is 26.9. The van der Waals surface area contributed by atoms with E-state index < -0.39 is 10.0 Å². The molecule has 1 aromatic rings. The van der Waals surface area contributed by atoms with Gasteiger partial charge in [-0.25, -0.2) is 8.42 Å². The highest BCUT2D eigenvalue weighted by Gasteiger charge is 2.26. The Hall–Kier alpha value is -0.0800. The van der Waals surface area contributed by atoms with Gasteiger partial charge in [0.05, 0.1) is 0 Å². The monoisotopic (exact) mass is 336 g/mol. The molecular formula is C13H24N2O2S3. The Morgan fingerprint density at radius 1 is 1.45 bits per heavy atom. The van der Waals surface area contributed by atoms with E-state index >= 15 is 0 Å². The van der Waals surface area contributed by atoms with E-state index in [-0.39, 0.29) is 6.04 Å². The first-order valence-corrected chi connectivity index (χ1v) is 10.3. The van der Waals surface area contributed by atoms with Gasteiger partial charge in [0, 0.05) is 30.3 Å². The predicted octanol–water partition coefficient (Wildman–Crippen LogP) is 2.62. The number of hydrogen-bond acceptors (Lipinski definition) is 5. The van der Waals surface area contributed by atoms with Gasteiger partial charge in [-0.3, -0.25) is 0 Å². The summed E-state index contributed by atoms with van der Waals surface area (Å²) in [6.07, 6.45) is 3.06. The molecule has 0 radical (unpaired) electrons. The van der Waals surface area contributed by atoms with Crippen molar-refractivity contribution >= 4 is 33.1 Å². The summed E-state index contributed by atoms with van der Waals surface area (Å²) in [5, 5.41) is 3.29. The van der Waals surface area contributed by atoms with Crippen molar-refractivity contribution in [3.63, 3.8) is 0 Å². The van der Waals surface area contributed by atoms with Crippen molar-refractivity contribution in [2.45, 2.75) is 37.1 Å². The number of thioether (sulfide) groups is 1. The van der Waals surface area contributed by atoms with Crippen LogP contribution in [0.2, 0.25) is 0 Å². The minimum Gasteiger partial charge on any atom is -0.312 e. The van der Waals surface area contributed by atoms with Crippen molar-refractivity contribution < 1.29 is 8.42 Å². The molecule has 1 atom stereocenters. The van der Waals surface area contributed by atoms with Crippen LogP contribution in [-0.2, 0) is 16.6 Å². The standard InChI is InChI=1S/C13H24N2O2S3/c1-5-8-14-9-12-6-7-13(19-12)20(16,17)15(3)11(2)10-18-4/h6-7,11,14H,5,8-10H2,1-4H3. The summed E-state index contributed by atoms with van der Waals surface area (Å²) in [7, 11) is -1.70. The van der Waals surface area contributed by atoms with E-state index in [1.54, 1.807) is 24.9 Å². The van der Waals surface area contributed by atoms with E-state index in [2.05, 4.69) is 12.2 Å². The van der Waals surface area contributed by atoms with Crippen molar-refractivity contribution in [3.05, 3.63) is 17.0 Å². The van der Waals surface area contributed by atoms with Crippen LogP contribution in [0.4, 0.5) is 0 Å². The molecule has 1 rings (SSSR count). The van der Waals surface area contributed by atoms with Gasteiger partial charge in [0.2, 0.25) is 0 Å². The first kappa shape index (κ1) is 18.0. The molecule has 0 bridgehead atoms. The second-order valence-electron chi connectivity index (χ2n) is 4.72. The molecule has 20 heavy (non-hydrogen) atoms. The first-order valence-electron chi connectivity index (χ1n) is 6.69. The van der Waals surface area contributed by atoms with E-state index in [0.29, 0.717) is 4.21 Å². The van der Waals surface area contributed by atoms with E-state index in [4.69, 9.17) is 0 Å². The van der Waals surface area contributed by atoms with E-state index in [0.717, 1.165) is 30.1 Å². The summed E-state index contributed by atoms with van der Waals surface area (Å²) in [4.78, 5) is 1.06. The van der Waals surface area contributed by atoms with Crippen molar-refractivity contribution in [1.82, 2.24) is 9.62 Å². The van der Waals surface area contributed by atoms with E-state index in [1.807, 2.05) is 19.2 Å². The summed E-state index contributed by atoms with van der Waals surface area (Å²) >= 11 is 3.01. The molecule has 0 fully saturated rings. The van der Waals surface area contributed by atoms with Gasteiger partial charge in [0.25, 0.3) is 10.0 Å². The van der Waals surface area contributed by atoms with Crippen LogP contribution < -0.4 is 5.32 Å². The normalized spacial score (nSPS) is 13.8. The lowest BCUT2D eigenvalue weighted by Gasteiger charge is -2.22. The van der Waals surface area contributed by atoms with Gasteiger partial charge in [-0.2, -0.15) is 16.1 Å². The molecule has 0 amide bonds. The fraction of sp³-hybridized carbons (Fsp3) is 0.692. The Labute approximate surface area is 131 Å². The Bertz CT molecular complexity index is 499. The van der Waals surface area contributed by atoms with Crippen LogP contribution in [0, 0.1) is 0 Å². The summed E-state index contributed by atoms with van der Waals surface area (Å²) in [5.41, 5.74) is 0. The highest BCUT2D eigenvalue weighted by molar-refractivity contribution is 7.98. The molecule has 0 saturated carbocycles. The minimum absolute atomic E-state index is 0.00114. The molecule has 7 heteroatoms. The summed E-state index contributed by atoms with van der Waals surface area (Å²) in [5.74, 6) is 0.798. The first-order chi connectivity index (χ1) is 9.43. The summed E-state index contributed by atoms with van der Waals surface area (Å²) in [6.45, 7) is 5.73. The SMILES string of the molecule is CCCNCc1ccc(S(=O)(=O)N(C)C(C)CSC)s1. The third-order valence-corrected chi connectivity index (χ3v) is 7.37. The van der Waals surface area contributed by atoms with Crippen LogP contribution >= 0.6 is 23.1 Å². The maximum atomic E-state index is 12.5. The highest BCUT2D eigenvalue weighted by Crippen LogP contribution is 2.25. The van der Waals surface area contributed by atoms with Crippen LogP contribution in [0.25, 0.3) is 0 Å². The van der Waals surface area contributed by atoms with Gasteiger partial charge in [0.1, 0.15) is 4.21 Å². The highest BCUT2D eigenvalue weighted by atomic mass is 32.2. The maximum absolute atomic E-state index is 12.5. The molecule has 4 nitrogen and oxygen atoms in total. The Morgan fingerprint density at radius 2 is 2.15 bits per heavy atom. The molecule has 0 spiro atoms. The summed E-state index contributed by atoms with van der Waals surface area (Å²) in [6, 6.07) is 3.61. The molecular weight excluding hydrogens is 312 g/mol. The molecule has 1 unspecified atom stereocenters. The van der Waals surface area contributed by atoms with Crippen LogP contribution in [0.1, 0.15) is 25.1 Å². The van der Waals surface area contributed by atoms with Crippen LogP contribution in [-0.4, -0.2) is 44.4 Å². The quantitative estimate of drug-likeness (QED) is 0.704. The number of thiophene rings is 1. The number of sulfonamides is 1. The number of nitrogens with zero attached hydrogens (tertiary/aromatic N) is 1. The van der Waals surface area contributed by atoms with Crippen molar-refractivity contribution in [3.8, 4) is 0 Å². The fourth-order valence-corrected chi connectivity index (χ4v) is 5.38. The second-order valence-corrected chi connectivity index (χ2v) is 9.03. The predicted molar refractivity (Wildman–Crippen MR) is 89.1 cm³/mol. The van der Waals surface area contributed by atoms with Crippen molar-refractivity contribution in [2.24, 2.45) is 0 Å². The number of hydrogen-bond donors (Lipinski definition) is 1. The Morgan fingerprint density at radius 3 is 2.75 bits per heavy atom. The molecule has 0 aromatic carbocycles. The zero-order valence-electron chi connectivity index (χ0n) is 12.5. The molecule has 0 saturated heterocycles. The molecule has 0 aliphatic heterocycles. The zero-order valence-corrected chi connectivity index (χ0v) is 15.0. The van der Waals surface area contributed by atoms with Gasteiger partial charge in [-0.05, 0) is 38.3 Å². The lowest BCUT2D eigenvalue weighted by atomic mass is 10.4. The maximum Gasteiger partial charge on any atom is 0.252 e. The third kappa shape index (κ3) is 4.73. The van der Waals surface area contributed by atoms with Crippen molar-refractivity contribution in [2.75, 3.05) is 25.6 Å². The average molecular weight is 337 g/mol. The minimum atomic E-state index is -3.36. The smallest absolute Gasteiger partial charge is 0.252 e. The zero-order chi connectivity index (χ0) is 15.2. The van der Waals surface area contributed by atoms with Gasteiger partial charge in [0.15, 0.2) is 0 Å². The van der Waals surface area contributed by atoms with Crippen molar-refractivity contribution in [1.29, 1.82) is 0 Å².